The molecule has 0 N–H and O–H groups in total. The van der Waals surface area contributed by atoms with Crippen LogP contribution in [0.4, 0.5) is 4.39 Å². The van der Waals surface area contributed by atoms with Gasteiger partial charge < -0.3 is 9.47 Å². The Kier molecular flexibility index (Phi) is 4.89. The molecular formula is C24H19FO4. The number of halogens is 1. The largest absolute Gasteiger partial charge is 0.497 e. The van der Waals surface area contributed by atoms with Gasteiger partial charge in [-0.2, -0.15) is 0 Å². The number of ketones is 2. The fourth-order valence-corrected chi connectivity index (χ4v) is 3.83. The van der Waals surface area contributed by atoms with E-state index in [1.54, 1.807) is 25.3 Å². The lowest BCUT2D eigenvalue weighted by atomic mass is 9.74. The molecule has 0 spiro atoms. The van der Waals surface area contributed by atoms with Gasteiger partial charge in [-0.3, -0.25) is 9.59 Å². The van der Waals surface area contributed by atoms with Crippen LogP contribution in [0.1, 0.15) is 34.3 Å². The third kappa shape index (κ3) is 3.40. The Labute approximate surface area is 167 Å². The first-order valence-corrected chi connectivity index (χ1v) is 9.24. The van der Waals surface area contributed by atoms with Gasteiger partial charge in [0.05, 0.1) is 13.0 Å². The summed E-state index contributed by atoms with van der Waals surface area (Å²) in [5.74, 6) is -0.791. The smallest absolute Gasteiger partial charge is 0.174 e. The van der Waals surface area contributed by atoms with Crippen molar-refractivity contribution in [2.75, 3.05) is 7.11 Å². The summed E-state index contributed by atoms with van der Waals surface area (Å²) in [4.78, 5) is 26.1. The molecule has 4 rings (SSSR count). The maximum atomic E-state index is 13.4. The van der Waals surface area contributed by atoms with Crippen LogP contribution < -0.4 is 9.47 Å². The maximum absolute atomic E-state index is 13.4. The average molecular weight is 390 g/mol. The number of rotatable bonds is 5. The molecule has 0 radical (unpaired) electrons. The van der Waals surface area contributed by atoms with Crippen molar-refractivity contribution in [3.63, 3.8) is 0 Å². The highest BCUT2D eigenvalue weighted by Gasteiger charge is 2.40. The number of methoxy groups -OCH3 is 1. The second-order valence-corrected chi connectivity index (χ2v) is 6.98. The number of ether oxygens (including phenoxy) is 2. The summed E-state index contributed by atoms with van der Waals surface area (Å²) in [6.07, 6.45) is 0. The molecule has 0 aromatic heterocycles. The van der Waals surface area contributed by atoms with E-state index in [1.807, 2.05) is 24.3 Å². The van der Waals surface area contributed by atoms with Crippen molar-refractivity contribution in [2.45, 2.75) is 12.8 Å². The van der Waals surface area contributed by atoms with Crippen LogP contribution >= 0.6 is 0 Å². The van der Waals surface area contributed by atoms with Gasteiger partial charge in [0.1, 0.15) is 28.8 Å². The average Bonchev–Trinajstić information content (AvgIpc) is 2.73. The van der Waals surface area contributed by atoms with E-state index in [0.717, 1.165) is 5.56 Å². The Morgan fingerprint density at radius 1 is 0.966 bits per heavy atom. The zero-order valence-electron chi connectivity index (χ0n) is 16.0. The van der Waals surface area contributed by atoms with E-state index in [9.17, 15) is 14.0 Å². The normalized spacial score (nSPS) is 15.5. The number of carbonyl (C=O) groups is 2. The first-order valence-electron chi connectivity index (χ1n) is 9.24. The fraction of sp³-hybridized carbons (Fsp3) is 0.167. The summed E-state index contributed by atoms with van der Waals surface area (Å²) in [5.41, 5.74) is 1.75. The van der Waals surface area contributed by atoms with E-state index in [0.29, 0.717) is 28.4 Å². The minimum absolute atomic E-state index is 0.269. The van der Waals surface area contributed by atoms with Crippen molar-refractivity contribution in [3.8, 4) is 17.2 Å². The highest BCUT2D eigenvalue weighted by molar-refractivity contribution is 6.11. The number of fused-ring (bicyclic) bond motifs is 2. The molecule has 1 heterocycles. The summed E-state index contributed by atoms with van der Waals surface area (Å²) in [6.45, 7) is 1.41. The Balaban J connectivity index is 1.89. The summed E-state index contributed by atoms with van der Waals surface area (Å²) >= 11 is 0. The van der Waals surface area contributed by atoms with Crippen LogP contribution in [0.2, 0.25) is 0 Å². The van der Waals surface area contributed by atoms with Gasteiger partial charge in [-0.05, 0) is 55.5 Å². The van der Waals surface area contributed by atoms with E-state index in [2.05, 4.69) is 0 Å². The van der Waals surface area contributed by atoms with Crippen LogP contribution in [-0.4, -0.2) is 18.7 Å². The van der Waals surface area contributed by atoms with E-state index in [1.165, 1.54) is 31.2 Å². The third-order valence-corrected chi connectivity index (χ3v) is 5.21. The van der Waals surface area contributed by atoms with Crippen LogP contribution in [0.15, 0.2) is 66.7 Å². The van der Waals surface area contributed by atoms with Crippen molar-refractivity contribution in [1.29, 1.82) is 0 Å². The van der Waals surface area contributed by atoms with E-state index in [4.69, 9.17) is 9.47 Å². The quantitative estimate of drug-likeness (QED) is 0.446. The monoisotopic (exact) mass is 390 g/mol. The zero-order valence-corrected chi connectivity index (χ0v) is 16.0. The number of carbonyl (C=O) groups excluding carboxylic acids is 2. The van der Waals surface area contributed by atoms with Gasteiger partial charge in [-0.1, -0.05) is 18.2 Å². The van der Waals surface area contributed by atoms with E-state index < -0.39 is 17.7 Å². The first kappa shape index (κ1) is 18.9. The second-order valence-electron chi connectivity index (χ2n) is 6.98. The third-order valence-electron chi connectivity index (χ3n) is 5.21. The Morgan fingerprint density at radius 3 is 2.34 bits per heavy atom. The van der Waals surface area contributed by atoms with E-state index >= 15 is 0 Å². The van der Waals surface area contributed by atoms with Crippen LogP contribution in [-0.2, 0) is 4.79 Å². The van der Waals surface area contributed by atoms with Crippen molar-refractivity contribution >= 4 is 11.6 Å². The minimum atomic E-state index is -0.976. The summed E-state index contributed by atoms with van der Waals surface area (Å²) in [7, 11) is 1.56. The number of hydrogen-bond acceptors (Lipinski definition) is 4. The molecule has 3 aromatic carbocycles. The van der Waals surface area contributed by atoms with Gasteiger partial charge in [0.25, 0.3) is 0 Å². The summed E-state index contributed by atoms with van der Waals surface area (Å²) in [6, 6.07) is 18.0. The molecule has 146 valence electrons. The molecule has 0 saturated heterocycles. The number of para-hydroxylation sites is 1. The molecule has 3 aromatic rings. The van der Waals surface area contributed by atoms with Crippen molar-refractivity contribution in [1.82, 2.24) is 0 Å². The molecule has 2 atom stereocenters. The highest BCUT2D eigenvalue weighted by atomic mass is 19.1. The number of benzene rings is 3. The minimum Gasteiger partial charge on any atom is -0.497 e. The van der Waals surface area contributed by atoms with Crippen LogP contribution in [0, 0.1) is 11.7 Å². The lowest BCUT2D eigenvalue weighted by molar-refractivity contribution is -0.119. The molecule has 0 bridgehead atoms. The summed E-state index contributed by atoms with van der Waals surface area (Å²) < 4.78 is 24.7. The molecule has 0 fully saturated rings. The Hall–Kier alpha value is -3.47. The predicted octanol–water partition coefficient (Wildman–Crippen LogP) is 5.16. The highest BCUT2D eigenvalue weighted by Crippen LogP contribution is 2.49. The first-order chi connectivity index (χ1) is 14.0. The molecule has 4 nitrogen and oxygen atoms in total. The van der Waals surface area contributed by atoms with Gasteiger partial charge in [0.2, 0.25) is 0 Å². The van der Waals surface area contributed by atoms with E-state index in [-0.39, 0.29) is 11.6 Å². The lowest BCUT2D eigenvalue weighted by Crippen LogP contribution is -2.31. The SMILES string of the molecule is COc1ccc2c(c1)[C@@H]([C@H](C(C)=O)C(=O)c1ccc(F)cc1)c1ccccc1O2. The van der Waals surface area contributed by atoms with Gasteiger partial charge in [0, 0.05) is 22.6 Å². The second kappa shape index (κ2) is 7.51. The number of hydrogen-bond donors (Lipinski definition) is 0. The van der Waals surface area contributed by atoms with Crippen molar-refractivity contribution < 1.29 is 23.5 Å². The number of Topliss-reactive ketones (excluding diaryl/α,β-unsaturated/α-hetero) is 2. The Morgan fingerprint density at radius 2 is 1.66 bits per heavy atom. The molecule has 1 aliphatic rings. The van der Waals surface area contributed by atoms with Crippen LogP contribution in [0.25, 0.3) is 0 Å². The maximum Gasteiger partial charge on any atom is 0.174 e. The molecule has 0 saturated carbocycles. The van der Waals surface area contributed by atoms with Crippen molar-refractivity contribution in [3.05, 3.63) is 89.2 Å². The standard InChI is InChI=1S/C24H19FO4/c1-14(26)22(24(27)15-7-9-16(25)10-8-15)23-18-5-3-4-6-20(18)29-21-12-11-17(28-2)13-19(21)23/h3-13,22-23H,1-2H3/t22-,23-/m0/s1. The molecule has 5 heteroatoms. The van der Waals surface area contributed by atoms with Gasteiger partial charge in [-0.15, -0.1) is 0 Å². The molecular weight excluding hydrogens is 371 g/mol. The van der Waals surface area contributed by atoms with Crippen LogP contribution in [0.3, 0.4) is 0 Å². The molecule has 0 aliphatic carbocycles. The predicted molar refractivity (Wildman–Crippen MR) is 106 cm³/mol. The molecule has 0 unspecified atom stereocenters. The molecule has 0 amide bonds. The van der Waals surface area contributed by atoms with Gasteiger partial charge in [-0.25, -0.2) is 4.39 Å². The molecule has 1 aliphatic heterocycles. The fourth-order valence-electron chi connectivity index (χ4n) is 3.83. The lowest BCUT2D eigenvalue weighted by Gasteiger charge is -2.32. The molecule has 29 heavy (non-hydrogen) atoms. The summed E-state index contributed by atoms with van der Waals surface area (Å²) in [5, 5.41) is 0. The van der Waals surface area contributed by atoms with Gasteiger partial charge in [0.15, 0.2) is 5.78 Å². The van der Waals surface area contributed by atoms with Crippen LogP contribution in [0.5, 0.6) is 17.2 Å². The zero-order chi connectivity index (χ0) is 20.5. The van der Waals surface area contributed by atoms with Gasteiger partial charge >= 0.3 is 0 Å². The Bertz CT molecular complexity index is 1090. The van der Waals surface area contributed by atoms with Crippen molar-refractivity contribution in [2.24, 2.45) is 5.92 Å². The topological polar surface area (TPSA) is 52.6 Å².